The van der Waals surface area contributed by atoms with Crippen molar-refractivity contribution in [3.05, 3.63) is 23.5 Å². The van der Waals surface area contributed by atoms with Crippen LogP contribution in [0, 0.1) is 0 Å². The van der Waals surface area contributed by atoms with Gasteiger partial charge in [-0.15, -0.1) is 0 Å². The summed E-state index contributed by atoms with van der Waals surface area (Å²) in [7, 11) is 3.48. The standard InChI is InChI=1S/C17H23NO9/c1-23-12(19)8-7-11-13(15(20)24-2)14(16(21)25-3)26-18(11)17(27-22)9-5-4-6-10-17/h7-8,11,22H,4-6,9-10H2,1-3H3/b8-7-. The molecule has 150 valence electrons. The van der Waals surface area contributed by atoms with Crippen LogP contribution in [0.4, 0.5) is 0 Å². The first-order valence-electron chi connectivity index (χ1n) is 8.41. The van der Waals surface area contributed by atoms with Crippen molar-refractivity contribution in [2.24, 2.45) is 0 Å². The van der Waals surface area contributed by atoms with Crippen LogP contribution in [-0.4, -0.2) is 61.3 Å². The van der Waals surface area contributed by atoms with Gasteiger partial charge in [-0.2, -0.15) is 0 Å². The van der Waals surface area contributed by atoms with Crippen LogP contribution in [-0.2, 0) is 38.3 Å². The van der Waals surface area contributed by atoms with E-state index in [1.807, 2.05) is 0 Å². The number of nitrogens with zero attached hydrogens (tertiary/aromatic N) is 1. The molecule has 0 amide bonds. The fraction of sp³-hybridized carbons (Fsp3) is 0.588. The van der Waals surface area contributed by atoms with E-state index in [0.29, 0.717) is 12.8 Å². The molecule has 2 aliphatic rings. The summed E-state index contributed by atoms with van der Waals surface area (Å²) in [6.07, 6.45) is 5.55. The monoisotopic (exact) mass is 385 g/mol. The van der Waals surface area contributed by atoms with Crippen molar-refractivity contribution in [2.75, 3.05) is 21.3 Å². The van der Waals surface area contributed by atoms with Crippen LogP contribution in [0.25, 0.3) is 0 Å². The highest BCUT2D eigenvalue weighted by Gasteiger charge is 2.53. The molecule has 10 heteroatoms. The number of hydroxylamine groups is 2. The van der Waals surface area contributed by atoms with Crippen LogP contribution in [0.2, 0.25) is 0 Å². The van der Waals surface area contributed by atoms with Crippen molar-refractivity contribution >= 4 is 17.9 Å². The lowest BCUT2D eigenvalue weighted by Crippen LogP contribution is -2.54. The highest BCUT2D eigenvalue weighted by Crippen LogP contribution is 2.42. The molecule has 27 heavy (non-hydrogen) atoms. The molecule has 10 nitrogen and oxygen atoms in total. The second-order valence-electron chi connectivity index (χ2n) is 6.07. The lowest BCUT2D eigenvalue weighted by atomic mass is 9.90. The second-order valence-corrected chi connectivity index (χ2v) is 6.07. The van der Waals surface area contributed by atoms with Crippen LogP contribution in [0.5, 0.6) is 0 Å². The molecule has 0 spiro atoms. The molecule has 1 heterocycles. The summed E-state index contributed by atoms with van der Waals surface area (Å²) in [6.45, 7) is 0. The molecule has 1 atom stereocenters. The van der Waals surface area contributed by atoms with Gasteiger partial charge in [0.1, 0.15) is 11.6 Å². The third-order valence-electron chi connectivity index (χ3n) is 4.58. The zero-order valence-electron chi connectivity index (χ0n) is 15.4. The van der Waals surface area contributed by atoms with Crippen LogP contribution in [0.15, 0.2) is 23.5 Å². The summed E-state index contributed by atoms with van der Waals surface area (Å²) in [5.74, 6) is -2.82. The van der Waals surface area contributed by atoms with Crippen molar-refractivity contribution in [1.29, 1.82) is 0 Å². The van der Waals surface area contributed by atoms with Crippen molar-refractivity contribution < 1.29 is 43.6 Å². The fourth-order valence-electron chi connectivity index (χ4n) is 3.22. The molecule has 1 N–H and O–H groups in total. The van der Waals surface area contributed by atoms with E-state index in [0.717, 1.165) is 39.6 Å². The Morgan fingerprint density at radius 3 is 2.22 bits per heavy atom. The molecular weight excluding hydrogens is 362 g/mol. The van der Waals surface area contributed by atoms with Gasteiger partial charge in [0, 0.05) is 6.08 Å². The van der Waals surface area contributed by atoms with Gasteiger partial charge in [0.05, 0.1) is 21.3 Å². The Balaban J connectivity index is 2.53. The number of hydrogen-bond donors (Lipinski definition) is 1. The largest absolute Gasteiger partial charge is 0.466 e. The van der Waals surface area contributed by atoms with E-state index in [-0.39, 0.29) is 5.57 Å². The summed E-state index contributed by atoms with van der Waals surface area (Å²) in [5, 5.41) is 10.8. The molecule has 0 aromatic heterocycles. The van der Waals surface area contributed by atoms with E-state index in [1.165, 1.54) is 18.2 Å². The second kappa shape index (κ2) is 8.98. The molecule has 0 aromatic rings. The van der Waals surface area contributed by atoms with Gasteiger partial charge in [-0.05, 0) is 25.7 Å². The highest BCUT2D eigenvalue weighted by atomic mass is 17.1. The molecule has 1 aliphatic carbocycles. The first-order valence-corrected chi connectivity index (χ1v) is 8.41. The first kappa shape index (κ1) is 20.9. The van der Waals surface area contributed by atoms with E-state index in [4.69, 9.17) is 14.5 Å². The number of carbonyl (C=O) groups is 3. The Bertz CT molecular complexity index is 649. The Morgan fingerprint density at radius 2 is 1.70 bits per heavy atom. The maximum Gasteiger partial charge on any atom is 0.376 e. The van der Waals surface area contributed by atoms with Gasteiger partial charge >= 0.3 is 17.9 Å². The third-order valence-corrected chi connectivity index (χ3v) is 4.58. The normalized spacial score (nSPS) is 22.4. The minimum Gasteiger partial charge on any atom is -0.466 e. The molecule has 2 rings (SSSR count). The topological polar surface area (TPSA) is 121 Å². The maximum absolute atomic E-state index is 12.3. The minimum absolute atomic E-state index is 0.175. The summed E-state index contributed by atoms with van der Waals surface area (Å²) in [6, 6.07) is -1.05. The fourth-order valence-corrected chi connectivity index (χ4v) is 3.22. The predicted octanol–water partition coefficient (Wildman–Crippen LogP) is 1.08. The van der Waals surface area contributed by atoms with E-state index in [1.54, 1.807) is 0 Å². The van der Waals surface area contributed by atoms with Gasteiger partial charge in [0.15, 0.2) is 5.72 Å². The molecule has 0 radical (unpaired) electrons. The molecule has 0 bridgehead atoms. The lowest BCUT2D eigenvalue weighted by Gasteiger charge is -2.41. The number of methoxy groups -OCH3 is 3. The number of hydrogen-bond acceptors (Lipinski definition) is 10. The Kier molecular flexibility index (Phi) is 6.94. The van der Waals surface area contributed by atoms with Crippen molar-refractivity contribution in [2.45, 2.75) is 43.9 Å². The van der Waals surface area contributed by atoms with E-state index in [9.17, 15) is 19.6 Å². The molecule has 1 aliphatic heterocycles. The zero-order valence-corrected chi connectivity index (χ0v) is 15.4. The zero-order chi connectivity index (χ0) is 20.0. The minimum atomic E-state index is -1.31. The SMILES string of the molecule is COC(=O)/C=C\C1C(C(=O)OC)=C(C(=O)OC)ON1C1(OO)CCCCC1. The van der Waals surface area contributed by atoms with E-state index in [2.05, 4.69) is 9.47 Å². The smallest absolute Gasteiger partial charge is 0.376 e. The molecule has 0 saturated heterocycles. The summed E-state index contributed by atoms with van der Waals surface area (Å²) < 4.78 is 14.0. The number of esters is 3. The number of ether oxygens (including phenoxy) is 3. The Morgan fingerprint density at radius 1 is 1.07 bits per heavy atom. The molecule has 0 aromatic carbocycles. The van der Waals surface area contributed by atoms with Crippen LogP contribution >= 0.6 is 0 Å². The van der Waals surface area contributed by atoms with Gasteiger partial charge < -0.3 is 19.0 Å². The van der Waals surface area contributed by atoms with Crippen molar-refractivity contribution in [1.82, 2.24) is 5.06 Å². The average molecular weight is 385 g/mol. The van der Waals surface area contributed by atoms with Gasteiger partial charge in [0.2, 0.25) is 5.76 Å². The van der Waals surface area contributed by atoms with Crippen LogP contribution in [0.3, 0.4) is 0 Å². The number of rotatable bonds is 6. The first-order chi connectivity index (χ1) is 12.9. The van der Waals surface area contributed by atoms with Gasteiger partial charge in [-0.25, -0.2) is 24.5 Å². The predicted molar refractivity (Wildman–Crippen MR) is 88.5 cm³/mol. The summed E-state index contributed by atoms with van der Waals surface area (Å²) in [5.41, 5.74) is -1.48. The third kappa shape index (κ3) is 4.12. The van der Waals surface area contributed by atoms with E-state index < -0.39 is 35.4 Å². The number of carbonyl (C=O) groups excluding carboxylic acids is 3. The quantitative estimate of drug-likeness (QED) is 0.234. The van der Waals surface area contributed by atoms with E-state index >= 15 is 0 Å². The Hall–Kier alpha value is -2.43. The van der Waals surface area contributed by atoms with Crippen molar-refractivity contribution in [3.8, 4) is 0 Å². The summed E-state index contributed by atoms with van der Waals surface area (Å²) >= 11 is 0. The van der Waals surface area contributed by atoms with Crippen LogP contribution in [0.1, 0.15) is 32.1 Å². The molecular formula is C17H23NO9. The highest BCUT2D eigenvalue weighted by molar-refractivity contribution is 6.01. The van der Waals surface area contributed by atoms with Gasteiger partial charge in [0.25, 0.3) is 0 Å². The lowest BCUT2D eigenvalue weighted by molar-refractivity contribution is -0.419. The Labute approximate surface area is 156 Å². The molecule has 1 saturated carbocycles. The average Bonchev–Trinajstić information content (AvgIpc) is 3.11. The molecule has 1 unspecified atom stereocenters. The molecule has 1 fully saturated rings. The van der Waals surface area contributed by atoms with Gasteiger partial charge in [-0.3, -0.25) is 0 Å². The maximum atomic E-state index is 12.3. The van der Waals surface area contributed by atoms with Gasteiger partial charge in [-0.1, -0.05) is 17.6 Å². The van der Waals surface area contributed by atoms with Crippen LogP contribution < -0.4 is 0 Å². The van der Waals surface area contributed by atoms with Crippen molar-refractivity contribution in [3.63, 3.8) is 0 Å². The summed E-state index contributed by atoms with van der Waals surface area (Å²) in [4.78, 5) is 46.4.